The second kappa shape index (κ2) is 10.2. The predicted octanol–water partition coefficient (Wildman–Crippen LogP) is 2.20. The fraction of sp³-hybridized carbons (Fsp3) is 0.400. The zero-order chi connectivity index (χ0) is 18.3. The van der Waals surface area contributed by atoms with Gasteiger partial charge < -0.3 is 15.4 Å². The molecule has 1 aromatic carbocycles. The van der Waals surface area contributed by atoms with E-state index in [0.29, 0.717) is 12.5 Å². The van der Waals surface area contributed by atoms with E-state index in [9.17, 15) is 13.2 Å². The van der Waals surface area contributed by atoms with Crippen molar-refractivity contribution >= 4 is 29.9 Å². The highest BCUT2D eigenvalue weighted by atomic mass is 127. The molecule has 1 aromatic heterocycles. The molecule has 0 fully saturated rings. The average Bonchev–Trinajstić information content (AvgIpc) is 2.99. The fourth-order valence-corrected chi connectivity index (χ4v) is 2.02. The molecule has 0 bridgehead atoms. The van der Waals surface area contributed by atoms with E-state index in [1.165, 1.54) is 24.5 Å². The van der Waals surface area contributed by atoms with Gasteiger partial charge in [-0.2, -0.15) is 18.3 Å². The molecule has 1 heterocycles. The lowest BCUT2D eigenvalue weighted by molar-refractivity contribution is -0.138. The van der Waals surface area contributed by atoms with E-state index in [0.717, 1.165) is 11.9 Å². The molecular formula is C15H20F3IN6O. The molecule has 0 aliphatic rings. The number of benzene rings is 1. The topological polar surface area (TPSA) is 76.4 Å². The van der Waals surface area contributed by atoms with E-state index >= 15 is 0 Å². The SMILES string of the molecule is CN=C(NCCOc1ccccc1C(F)(F)F)NCc1ncnn1C.I. The van der Waals surface area contributed by atoms with Gasteiger partial charge in [-0.3, -0.25) is 9.67 Å². The van der Waals surface area contributed by atoms with E-state index in [-0.39, 0.29) is 42.9 Å². The maximum Gasteiger partial charge on any atom is 0.419 e. The van der Waals surface area contributed by atoms with Crippen molar-refractivity contribution in [1.82, 2.24) is 25.4 Å². The van der Waals surface area contributed by atoms with Gasteiger partial charge in [-0.05, 0) is 12.1 Å². The van der Waals surface area contributed by atoms with Gasteiger partial charge in [0, 0.05) is 14.1 Å². The van der Waals surface area contributed by atoms with Crippen molar-refractivity contribution in [1.29, 1.82) is 0 Å². The Labute approximate surface area is 166 Å². The molecule has 0 aliphatic heterocycles. The lowest BCUT2D eigenvalue weighted by atomic mass is 10.2. The lowest BCUT2D eigenvalue weighted by Crippen LogP contribution is -2.39. The van der Waals surface area contributed by atoms with Gasteiger partial charge >= 0.3 is 6.18 Å². The number of aryl methyl sites for hydroxylation is 1. The van der Waals surface area contributed by atoms with Gasteiger partial charge in [0.1, 0.15) is 24.5 Å². The highest BCUT2D eigenvalue weighted by Crippen LogP contribution is 2.35. The molecule has 144 valence electrons. The molecule has 2 N–H and O–H groups in total. The fourth-order valence-electron chi connectivity index (χ4n) is 2.02. The molecule has 0 unspecified atom stereocenters. The van der Waals surface area contributed by atoms with Crippen LogP contribution < -0.4 is 15.4 Å². The summed E-state index contributed by atoms with van der Waals surface area (Å²) in [6.07, 6.45) is -3.00. The highest BCUT2D eigenvalue weighted by Gasteiger charge is 2.33. The molecule has 2 rings (SSSR count). The number of nitrogens with one attached hydrogen (secondary N) is 2. The minimum absolute atomic E-state index is 0. The monoisotopic (exact) mass is 484 g/mol. The van der Waals surface area contributed by atoms with Crippen LogP contribution in [0.1, 0.15) is 11.4 Å². The number of alkyl halides is 3. The number of ether oxygens (including phenoxy) is 1. The number of para-hydroxylation sites is 1. The third kappa shape index (κ3) is 6.35. The standard InChI is InChI=1S/C15H19F3N6O.HI/c1-19-14(21-9-13-22-10-23-24(13)2)20-7-8-25-12-6-4-3-5-11(12)15(16,17)18;/h3-6,10H,7-9H2,1-2H3,(H2,19,20,21);1H. The third-order valence-electron chi connectivity index (χ3n) is 3.29. The summed E-state index contributed by atoms with van der Waals surface area (Å²) in [6, 6.07) is 5.11. The van der Waals surface area contributed by atoms with Gasteiger partial charge in [-0.15, -0.1) is 24.0 Å². The quantitative estimate of drug-likeness (QED) is 0.285. The number of nitrogens with zero attached hydrogens (tertiary/aromatic N) is 4. The number of hydrogen-bond donors (Lipinski definition) is 2. The minimum Gasteiger partial charge on any atom is -0.491 e. The summed E-state index contributed by atoms with van der Waals surface area (Å²) in [5, 5.41) is 9.93. The van der Waals surface area contributed by atoms with Crippen LogP contribution in [-0.2, 0) is 19.8 Å². The van der Waals surface area contributed by atoms with Gasteiger partial charge in [0.2, 0.25) is 0 Å². The maximum absolute atomic E-state index is 12.9. The average molecular weight is 484 g/mol. The second-order valence-corrected chi connectivity index (χ2v) is 4.99. The minimum atomic E-state index is -4.45. The van der Waals surface area contributed by atoms with Crippen molar-refractivity contribution in [3.8, 4) is 5.75 Å². The smallest absolute Gasteiger partial charge is 0.419 e. The van der Waals surface area contributed by atoms with E-state index in [2.05, 4.69) is 25.7 Å². The van der Waals surface area contributed by atoms with Crippen LogP contribution in [-0.4, -0.2) is 40.9 Å². The van der Waals surface area contributed by atoms with Crippen LogP contribution in [0.4, 0.5) is 13.2 Å². The molecule has 0 amide bonds. The summed E-state index contributed by atoms with van der Waals surface area (Å²) in [5.74, 6) is 1.01. The Morgan fingerprint density at radius 3 is 2.62 bits per heavy atom. The van der Waals surface area contributed by atoms with Gasteiger partial charge in [0.25, 0.3) is 0 Å². The number of halogens is 4. The van der Waals surface area contributed by atoms with Gasteiger partial charge in [-0.25, -0.2) is 4.98 Å². The highest BCUT2D eigenvalue weighted by molar-refractivity contribution is 14.0. The third-order valence-corrected chi connectivity index (χ3v) is 3.29. The largest absolute Gasteiger partial charge is 0.491 e. The van der Waals surface area contributed by atoms with Crippen molar-refractivity contribution in [2.75, 3.05) is 20.2 Å². The number of guanidine groups is 1. The van der Waals surface area contributed by atoms with E-state index in [1.54, 1.807) is 18.8 Å². The van der Waals surface area contributed by atoms with E-state index in [4.69, 9.17) is 4.74 Å². The molecule has 0 spiro atoms. The summed E-state index contributed by atoms with van der Waals surface area (Å²) in [5.41, 5.74) is -0.792. The molecule has 2 aromatic rings. The molecule has 0 radical (unpaired) electrons. The predicted molar refractivity (Wildman–Crippen MR) is 102 cm³/mol. The molecule has 0 aliphatic carbocycles. The first-order chi connectivity index (χ1) is 11.9. The normalized spacial score (nSPS) is 11.7. The van der Waals surface area contributed by atoms with Crippen LogP contribution in [0.3, 0.4) is 0 Å². The van der Waals surface area contributed by atoms with E-state index < -0.39 is 11.7 Å². The summed E-state index contributed by atoms with van der Waals surface area (Å²) in [7, 11) is 3.36. The Hall–Kier alpha value is -2.05. The number of aromatic nitrogens is 3. The molecule has 0 saturated carbocycles. The van der Waals surface area contributed by atoms with Crippen LogP contribution in [0, 0.1) is 0 Å². The van der Waals surface area contributed by atoms with Gasteiger partial charge in [0.05, 0.1) is 18.7 Å². The maximum atomic E-state index is 12.9. The molecule has 7 nitrogen and oxygen atoms in total. The molecule has 0 saturated heterocycles. The van der Waals surface area contributed by atoms with Crippen LogP contribution >= 0.6 is 24.0 Å². The van der Waals surface area contributed by atoms with Crippen molar-refractivity contribution in [3.05, 3.63) is 42.0 Å². The first-order valence-electron chi connectivity index (χ1n) is 7.48. The van der Waals surface area contributed by atoms with Crippen LogP contribution in [0.2, 0.25) is 0 Å². The zero-order valence-corrected chi connectivity index (χ0v) is 16.6. The van der Waals surface area contributed by atoms with Crippen molar-refractivity contribution in [2.24, 2.45) is 12.0 Å². The Kier molecular flexibility index (Phi) is 8.61. The van der Waals surface area contributed by atoms with Crippen molar-refractivity contribution in [2.45, 2.75) is 12.7 Å². The van der Waals surface area contributed by atoms with Gasteiger partial charge in [-0.1, -0.05) is 12.1 Å². The summed E-state index contributed by atoms with van der Waals surface area (Å²) >= 11 is 0. The molecule has 11 heteroatoms. The first-order valence-corrected chi connectivity index (χ1v) is 7.48. The Bertz CT molecular complexity index is 719. The van der Waals surface area contributed by atoms with Crippen molar-refractivity contribution < 1.29 is 17.9 Å². The van der Waals surface area contributed by atoms with Crippen LogP contribution in [0.15, 0.2) is 35.6 Å². The number of aliphatic imine (C=N–C) groups is 1. The van der Waals surface area contributed by atoms with E-state index in [1.807, 2.05) is 0 Å². The molecule has 26 heavy (non-hydrogen) atoms. The molecule has 0 atom stereocenters. The Morgan fingerprint density at radius 2 is 2.00 bits per heavy atom. The summed E-state index contributed by atoms with van der Waals surface area (Å²) in [4.78, 5) is 8.09. The molecular weight excluding hydrogens is 464 g/mol. The lowest BCUT2D eigenvalue weighted by Gasteiger charge is -2.15. The van der Waals surface area contributed by atoms with Gasteiger partial charge in [0.15, 0.2) is 5.96 Å². The summed E-state index contributed by atoms with van der Waals surface area (Å²) in [6.45, 7) is 0.746. The second-order valence-electron chi connectivity index (χ2n) is 4.99. The number of hydrogen-bond acceptors (Lipinski definition) is 4. The first kappa shape index (κ1) is 22.0. The number of rotatable bonds is 6. The summed E-state index contributed by atoms with van der Waals surface area (Å²) < 4.78 is 45.5. The van der Waals surface area contributed by atoms with Crippen LogP contribution in [0.5, 0.6) is 5.75 Å². The van der Waals surface area contributed by atoms with Crippen molar-refractivity contribution in [3.63, 3.8) is 0 Å². The van der Waals surface area contributed by atoms with Crippen LogP contribution in [0.25, 0.3) is 0 Å². The Balaban J connectivity index is 0.00000338. The zero-order valence-electron chi connectivity index (χ0n) is 14.2. The Morgan fingerprint density at radius 1 is 1.27 bits per heavy atom.